The normalized spacial score (nSPS) is 14.4. The molecule has 1 amide bonds. The number of hydrogen-bond acceptors (Lipinski definition) is 5. The molecule has 168 valence electrons. The first-order valence-electron chi connectivity index (χ1n) is 10.2. The van der Waals surface area contributed by atoms with Crippen LogP contribution < -0.4 is 14.8 Å². The number of halogens is 1. The summed E-state index contributed by atoms with van der Waals surface area (Å²) in [4.78, 5) is 12.4. The summed E-state index contributed by atoms with van der Waals surface area (Å²) in [6.07, 6.45) is 2.10. The maximum Gasteiger partial charge on any atom is 0.246 e. The van der Waals surface area contributed by atoms with Crippen molar-refractivity contribution in [3.05, 3.63) is 47.8 Å². The minimum absolute atomic E-state index is 0.0475. The topological polar surface area (TPSA) is 84.9 Å². The molecule has 0 unspecified atom stereocenters. The van der Waals surface area contributed by atoms with Gasteiger partial charge in [-0.1, -0.05) is 6.07 Å². The van der Waals surface area contributed by atoms with E-state index < -0.39 is 15.8 Å². The van der Waals surface area contributed by atoms with Crippen molar-refractivity contribution >= 4 is 21.6 Å². The number of hydrogen-bond donors (Lipinski definition) is 1. The van der Waals surface area contributed by atoms with Gasteiger partial charge in [0.05, 0.1) is 13.7 Å². The van der Waals surface area contributed by atoms with Gasteiger partial charge < -0.3 is 14.8 Å². The Morgan fingerprint density at radius 3 is 2.48 bits per heavy atom. The number of amides is 1. The van der Waals surface area contributed by atoms with Crippen molar-refractivity contribution in [2.75, 3.05) is 32.1 Å². The fraction of sp³-hybridized carbons (Fsp3) is 0.409. The van der Waals surface area contributed by atoms with Gasteiger partial charge in [-0.05, 0) is 62.1 Å². The number of carbonyl (C=O) groups excluding carboxylic acids is 1. The molecule has 1 N–H and O–H groups in total. The van der Waals surface area contributed by atoms with E-state index in [4.69, 9.17) is 9.47 Å². The predicted octanol–water partition coefficient (Wildman–Crippen LogP) is 3.59. The molecule has 7 nitrogen and oxygen atoms in total. The van der Waals surface area contributed by atoms with E-state index in [1.54, 1.807) is 25.1 Å². The number of ether oxygens (including phenoxy) is 2. The Morgan fingerprint density at radius 1 is 1.13 bits per heavy atom. The zero-order chi connectivity index (χ0) is 22.4. The average Bonchev–Trinajstić information content (AvgIpc) is 3.29. The van der Waals surface area contributed by atoms with Gasteiger partial charge in [-0.2, -0.15) is 4.31 Å². The van der Waals surface area contributed by atoms with Crippen LogP contribution in [0.3, 0.4) is 0 Å². The highest BCUT2D eigenvalue weighted by Gasteiger charge is 2.30. The Kier molecular flexibility index (Phi) is 7.50. The molecule has 0 saturated carbocycles. The van der Waals surface area contributed by atoms with Crippen molar-refractivity contribution in [1.82, 2.24) is 4.31 Å². The zero-order valence-electron chi connectivity index (χ0n) is 17.7. The average molecular weight is 451 g/mol. The van der Waals surface area contributed by atoms with Crippen LogP contribution in [0.15, 0.2) is 41.3 Å². The van der Waals surface area contributed by atoms with E-state index in [-0.39, 0.29) is 28.7 Å². The van der Waals surface area contributed by atoms with Crippen molar-refractivity contribution in [2.45, 2.75) is 37.5 Å². The second kappa shape index (κ2) is 10.1. The smallest absolute Gasteiger partial charge is 0.246 e. The van der Waals surface area contributed by atoms with Crippen molar-refractivity contribution in [2.24, 2.45) is 0 Å². The lowest BCUT2D eigenvalue weighted by molar-refractivity contribution is -0.116. The molecule has 1 aliphatic rings. The molecule has 2 aromatic carbocycles. The summed E-state index contributed by atoms with van der Waals surface area (Å²) < 4.78 is 51.8. The van der Waals surface area contributed by atoms with Gasteiger partial charge in [-0.25, -0.2) is 12.8 Å². The van der Waals surface area contributed by atoms with Gasteiger partial charge >= 0.3 is 0 Å². The number of methoxy groups -OCH3 is 1. The molecule has 1 heterocycles. The van der Waals surface area contributed by atoms with Crippen LogP contribution in [0, 0.1) is 5.82 Å². The second-order valence-electron chi connectivity index (χ2n) is 7.22. The Labute approximate surface area is 182 Å². The van der Waals surface area contributed by atoms with Gasteiger partial charge in [0.25, 0.3) is 0 Å². The molecule has 0 bridgehead atoms. The first-order chi connectivity index (χ1) is 14.8. The largest absolute Gasteiger partial charge is 0.494 e. The fourth-order valence-corrected chi connectivity index (χ4v) is 5.15. The van der Waals surface area contributed by atoms with Gasteiger partial charge in [0, 0.05) is 25.2 Å². The Bertz CT molecular complexity index is 1040. The number of aryl methyl sites for hydroxylation is 1. The summed E-state index contributed by atoms with van der Waals surface area (Å²) >= 11 is 0. The molecular weight excluding hydrogens is 423 g/mol. The molecule has 0 spiro atoms. The van der Waals surface area contributed by atoms with E-state index in [1.165, 1.54) is 29.6 Å². The molecular formula is C22H27FN2O5S. The first kappa shape index (κ1) is 23.0. The third-order valence-electron chi connectivity index (χ3n) is 5.07. The van der Waals surface area contributed by atoms with E-state index in [1.807, 2.05) is 0 Å². The molecule has 0 aromatic heterocycles. The molecule has 0 aliphatic carbocycles. The second-order valence-corrected chi connectivity index (χ2v) is 9.13. The van der Waals surface area contributed by atoms with Gasteiger partial charge in [0.1, 0.15) is 10.6 Å². The highest BCUT2D eigenvalue weighted by molar-refractivity contribution is 7.89. The maximum absolute atomic E-state index is 13.8. The van der Waals surface area contributed by atoms with E-state index in [2.05, 4.69) is 5.32 Å². The molecule has 31 heavy (non-hydrogen) atoms. The number of carbonyl (C=O) groups is 1. The van der Waals surface area contributed by atoms with E-state index in [0.29, 0.717) is 37.4 Å². The van der Waals surface area contributed by atoms with E-state index in [9.17, 15) is 17.6 Å². The van der Waals surface area contributed by atoms with Crippen molar-refractivity contribution in [3.63, 3.8) is 0 Å². The summed E-state index contributed by atoms with van der Waals surface area (Å²) in [7, 11) is -2.32. The van der Waals surface area contributed by atoms with Crippen LogP contribution in [0.2, 0.25) is 0 Å². The third-order valence-corrected chi connectivity index (χ3v) is 6.99. The van der Waals surface area contributed by atoms with Crippen LogP contribution in [0.1, 0.15) is 31.7 Å². The summed E-state index contributed by atoms with van der Waals surface area (Å²) in [6, 6.07) is 9.16. The van der Waals surface area contributed by atoms with Crippen LogP contribution in [-0.4, -0.2) is 45.4 Å². The van der Waals surface area contributed by atoms with Gasteiger partial charge in [0.2, 0.25) is 15.9 Å². The van der Waals surface area contributed by atoms with E-state index in [0.717, 1.165) is 12.8 Å². The highest BCUT2D eigenvalue weighted by Crippen LogP contribution is 2.31. The number of nitrogens with zero attached hydrogens (tertiary/aromatic N) is 1. The fourth-order valence-electron chi connectivity index (χ4n) is 3.48. The zero-order valence-corrected chi connectivity index (χ0v) is 18.5. The standard InChI is InChI=1S/C22H27FN2O5S/c1-3-30-20-10-8-17(15-21(20)31(27,28)25-12-4-5-13-25)24-22(26)11-7-16-6-9-19(29-2)18(23)14-16/h6,8-10,14-15H,3-5,7,11-13H2,1-2H3,(H,24,26). The minimum atomic E-state index is -3.71. The molecule has 2 aromatic rings. The van der Waals surface area contributed by atoms with Gasteiger partial charge in [-0.3, -0.25) is 4.79 Å². The quantitative estimate of drug-likeness (QED) is 0.631. The minimum Gasteiger partial charge on any atom is -0.494 e. The Hall–Kier alpha value is -2.65. The van der Waals surface area contributed by atoms with Crippen molar-refractivity contribution < 1.29 is 27.1 Å². The molecule has 0 atom stereocenters. The van der Waals surface area contributed by atoms with Crippen LogP contribution in [0.5, 0.6) is 11.5 Å². The number of anilines is 1. The summed E-state index contributed by atoms with van der Waals surface area (Å²) in [5, 5.41) is 2.73. The Morgan fingerprint density at radius 2 is 1.84 bits per heavy atom. The van der Waals surface area contributed by atoms with Crippen LogP contribution in [-0.2, 0) is 21.2 Å². The Balaban J connectivity index is 1.72. The lowest BCUT2D eigenvalue weighted by Crippen LogP contribution is -2.28. The first-order valence-corrected chi connectivity index (χ1v) is 11.7. The van der Waals surface area contributed by atoms with Crippen LogP contribution in [0.25, 0.3) is 0 Å². The van der Waals surface area contributed by atoms with Gasteiger partial charge in [-0.15, -0.1) is 0 Å². The molecule has 9 heteroatoms. The maximum atomic E-state index is 13.8. The molecule has 3 rings (SSSR count). The lowest BCUT2D eigenvalue weighted by atomic mass is 10.1. The van der Waals surface area contributed by atoms with Crippen LogP contribution in [0.4, 0.5) is 10.1 Å². The molecule has 1 aliphatic heterocycles. The number of rotatable bonds is 9. The number of sulfonamides is 1. The van der Waals surface area contributed by atoms with Gasteiger partial charge in [0.15, 0.2) is 11.6 Å². The lowest BCUT2D eigenvalue weighted by Gasteiger charge is -2.19. The third kappa shape index (κ3) is 5.54. The van der Waals surface area contributed by atoms with Crippen LogP contribution >= 0.6 is 0 Å². The molecule has 1 fully saturated rings. The summed E-state index contributed by atoms with van der Waals surface area (Å²) in [6.45, 7) is 3.06. The number of nitrogens with one attached hydrogen (secondary N) is 1. The SMILES string of the molecule is CCOc1ccc(NC(=O)CCc2ccc(OC)c(F)c2)cc1S(=O)(=O)N1CCCC1. The summed E-state index contributed by atoms with van der Waals surface area (Å²) in [5.41, 5.74) is 1.03. The molecule has 1 saturated heterocycles. The summed E-state index contributed by atoms with van der Waals surface area (Å²) in [5.74, 6) is -0.371. The monoisotopic (exact) mass is 450 g/mol. The number of benzene rings is 2. The van der Waals surface area contributed by atoms with E-state index >= 15 is 0 Å². The molecule has 0 radical (unpaired) electrons. The highest BCUT2D eigenvalue weighted by atomic mass is 32.2. The van der Waals surface area contributed by atoms with Crippen molar-refractivity contribution in [3.8, 4) is 11.5 Å². The predicted molar refractivity (Wildman–Crippen MR) is 116 cm³/mol. The van der Waals surface area contributed by atoms with Crippen molar-refractivity contribution in [1.29, 1.82) is 0 Å².